The van der Waals surface area contributed by atoms with Gasteiger partial charge in [0, 0.05) is 11.3 Å². The fourth-order valence-corrected chi connectivity index (χ4v) is 4.76. The Morgan fingerprint density at radius 3 is 2.27 bits per heavy atom. The lowest BCUT2D eigenvalue weighted by Crippen LogP contribution is -2.34. The predicted molar refractivity (Wildman–Crippen MR) is 144 cm³/mol. The first-order chi connectivity index (χ1) is 20.7. The van der Waals surface area contributed by atoms with Crippen LogP contribution >= 0.6 is 0 Å². The highest BCUT2D eigenvalue weighted by Gasteiger charge is 2.47. The molecule has 9 nitrogen and oxygen atoms in total. The molecule has 3 N–H and O–H groups in total. The predicted octanol–water partition coefficient (Wildman–Crippen LogP) is 6.45. The number of carboxylic acid groups (broad SMARTS) is 1. The number of carbonyl (C=O) groups is 2. The van der Waals surface area contributed by atoms with Crippen molar-refractivity contribution in [1.29, 1.82) is 0 Å². The minimum absolute atomic E-state index is 0.0192. The van der Waals surface area contributed by atoms with Crippen molar-refractivity contribution in [1.82, 2.24) is 0 Å². The molecule has 44 heavy (non-hydrogen) atoms. The Kier molecular flexibility index (Phi) is 7.72. The Hall–Kier alpha value is -5.47. The lowest BCUT2D eigenvalue weighted by Gasteiger charge is -2.26. The van der Waals surface area contributed by atoms with Gasteiger partial charge in [0.05, 0.1) is 23.2 Å². The zero-order valence-corrected chi connectivity index (χ0v) is 21.9. The third kappa shape index (κ3) is 6.45. The van der Waals surface area contributed by atoms with Crippen LogP contribution in [-0.2, 0) is 9.53 Å². The number of hydrogen-bond donors (Lipinski definition) is 3. The van der Waals surface area contributed by atoms with Gasteiger partial charge in [-0.3, -0.25) is 15.1 Å². The number of benzene rings is 3. The van der Waals surface area contributed by atoms with Crippen molar-refractivity contribution in [3.8, 4) is 22.6 Å². The van der Waals surface area contributed by atoms with Crippen LogP contribution < -0.4 is 15.1 Å². The van der Waals surface area contributed by atoms with E-state index in [1.54, 1.807) is 6.07 Å². The van der Waals surface area contributed by atoms with Crippen LogP contribution in [0.2, 0.25) is 0 Å². The van der Waals surface area contributed by atoms with Gasteiger partial charge in [-0.2, -0.15) is 5.10 Å². The second-order valence-corrected chi connectivity index (χ2v) is 9.41. The van der Waals surface area contributed by atoms with E-state index in [0.717, 1.165) is 29.2 Å². The molecule has 1 fully saturated rings. The number of carbonyl (C=O) groups excluding carboxylic acids is 1. The van der Waals surface area contributed by atoms with Gasteiger partial charge in [0.2, 0.25) is 0 Å². The lowest BCUT2D eigenvalue weighted by atomic mass is 9.93. The van der Waals surface area contributed by atoms with E-state index < -0.39 is 48.1 Å². The highest BCUT2D eigenvalue weighted by molar-refractivity contribution is 6.48. The Balaban J connectivity index is 1.49. The number of amides is 1. The monoisotopic (exact) mass is 619 g/mol. The number of nitrogens with one attached hydrogen (secondary N) is 1. The zero-order valence-electron chi connectivity index (χ0n) is 21.9. The van der Waals surface area contributed by atoms with Crippen LogP contribution in [-0.4, -0.2) is 46.6 Å². The second kappa shape index (κ2) is 11.3. The number of fused-ring (bicyclic) bond motifs is 1. The van der Waals surface area contributed by atoms with Crippen LogP contribution in [0.25, 0.3) is 11.1 Å². The van der Waals surface area contributed by atoms with E-state index in [2.05, 4.69) is 20.0 Å². The summed E-state index contributed by atoms with van der Waals surface area (Å²) >= 11 is 0. The molecule has 0 spiro atoms. The molecule has 2 aliphatic rings. The Labute approximate surface area is 243 Å². The maximum Gasteiger partial charge on any atom is 0.573 e. The molecular weight excluding hydrogens is 600 g/mol. The summed E-state index contributed by atoms with van der Waals surface area (Å²) in [5.74, 6) is -4.62. The maximum absolute atomic E-state index is 13.6. The number of phenols is 1. The molecular formula is C29H19F6N3O6. The number of nitrogens with zero attached hydrogens (tertiary/aromatic N) is 2. The van der Waals surface area contributed by atoms with Crippen molar-refractivity contribution in [2.45, 2.75) is 18.8 Å². The molecule has 3 aromatic carbocycles. The number of anilines is 2. The molecule has 0 aromatic heterocycles. The van der Waals surface area contributed by atoms with Crippen LogP contribution in [0.3, 0.4) is 0 Å². The number of ether oxygens (including phenoxy) is 2. The minimum Gasteiger partial charge on any atom is -0.505 e. The number of rotatable bonds is 7. The molecule has 1 aliphatic heterocycles. The average Bonchev–Trinajstić information content (AvgIpc) is 3.21. The summed E-state index contributed by atoms with van der Waals surface area (Å²) < 4.78 is 84.5. The van der Waals surface area contributed by atoms with E-state index in [4.69, 9.17) is 0 Å². The third-order valence-electron chi connectivity index (χ3n) is 6.56. The molecule has 0 bridgehead atoms. The minimum atomic E-state index is -5.03. The van der Waals surface area contributed by atoms with Crippen molar-refractivity contribution in [2.24, 2.45) is 11.0 Å². The first-order valence-electron chi connectivity index (χ1n) is 12.5. The van der Waals surface area contributed by atoms with Crippen molar-refractivity contribution in [3.05, 3.63) is 96.3 Å². The van der Waals surface area contributed by atoms with Crippen LogP contribution in [0.15, 0.2) is 95.8 Å². The number of hydrogen-bond acceptors (Lipinski definition) is 7. The van der Waals surface area contributed by atoms with E-state index in [1.807, 2.05) is 0 Å². The fraction of sp³-hybridized carbons (Fsp3) is 0.138. The summed E-state index contributed by atoms with van der Waals surface area (Å²) in [7, 11) is 0. The number of aromatic hydroxyl groups is 1. The average molecular weight is 619 g/mol. The Morgan fingerprint density at radius 1 is 0.932 bits per heavy atom. The topological polar surface area (TPSA) is 121 Å². The van der Waals surface area contributed by atoms with Gasteiger partial charge in [0.1, 0.15) is 23.0 Å². The molecule has 1 heterocycles. The molecule has 2 unspecified atom stereocenters. The standard InChI is InChI=1S/C29H19F6N3O6/c30-28(31,32)43-18-9-7-17(8-10-18)38-23-12-11-19(44-29(33,34)35)14-21(23)24(26(38)40)37-36-22-6-2-5-20(25(22)39)15-3-1-4-16(13-15)27(41)42/h1-14,21,23,36,39H,(H,41,42)/b37-24-. The van der Waals surface area contributed by atoms with Crippen molar-refractivity contribution in [3.63, 3.8) is 0 Å². The van der Waals surface area contributed by atoms with E-state index in [1.165, 1.54) is 54.6 Å². The largest absolute Gasteiger partial charge is 0.573 e. The van der Waals surface area contributed by atoms with Gasteiger partial charge in [-0.15, -0.1) is 26.3 Å². The van der Waals surface area contributed by atoms with Gasteiger partial charge >= 0.3 is 18.7 Å². The summed E-state index contributed by atoms with van der Waals surface area (Å²) in [5.41, 5.74) is 2.88. The molecule has 0 saturated carbocycles. The smallest absolute Gasteiger partial charge is 0.505 e. The Bertz CT molecular complexity index is 1700. The highest BCUT2D eigenvalue weighted by atomic mass is 19.4. The molecule has 1 saturated heterocycles. The van der Waals surface area contributed by atoms with Gasteiger partial charge < -0.3 is 19.7 Å². The number of aromatic carboxylic acids is 1. The SMILES string of the molecule is O=C(O)c1cccc(-c2cccc(N/N=C3\C(=O)N(c4ccc(OC(F)(F)F)cc4)C4C=CC(OC(F)(F)F)=CC34)c2O)c1. The first kappa shape index (κ1) is 30.0. The number of carboxylic acids is 1. The number of phenolic OH excluding ortho intramolecular Hbond substituents is 1. The third-order valence-corrected chi connectivity index (χ3v) is 6.56. The lowest BCUT2D eigenvalue weighted by molar-refractivity contribution is -0.303. The molecule has 15 heteroatoms. The fourth-order valence-electron chi connectivity index (χ4n) is 4.76. The van der Waals surface area contributed by atoms with Gasteiger partial charge in [-0.05, 0) is 60.2 Å². The van der Waals surface area contributed by atoms with Gasteiger partial charge in [-0.1, -0.05) is 30.3 Å². The number of para-hydroxylation sites is 1. The van der Waals surface area contributed by atoms with Gasteiger partial charge in [-0.25, -0.2) is 4.79 Å². The molecule has 3 aromatic rings. The van der Waals surface area contributed by atoms with E-state index in [9.17, 15) is 46.1 Å². The zero-order chi connectivity index (χ0) is 31.8. The summed E-state index contributed by atoms with van der Waals surface area (Å²) in [6.45, 7) is 0. The Morgan fingerprint density at radius 2 is 1.61 bits per heavy atom. The van der Waals surface area contributed by atoms with E-state index in [0.29, 0.717) is 5.56 Å². The first-order valence-corrected chi connectivity index (χ1v) is 12.5. The molecule has 2 atom stereocenters. The molecule has 5 rings (SSSR count). The highest BCUT2D eigenvalue weighted by Crippen LogP contribution is 2.39. The quantitative estimate of drug-likeness (QED) is 0.158. The van der Waals surface area contributed by atoms with E-state index in [-0.39, 0.29) is 34.0 Å². The van der Waals surface area contributed by atoms with E-state index >= 15 is 0 Å². The summed E-state index contributed by atoms with van der Waals surface area (Å²) in [6, 6.07) is 13.5. The molecule has 1 amide bonds. The molecule has 1 aliphatic carbocycles. The number of halogens is 6. The summed E-state index contributed by atoms with van der Waals surface area (Å²) in [6.07, 6.45) is -6.67. The summed E-state index contributed by atoms with van der Waals surface area (Å²) in [5, 5.41) is 24.3. The van der Waals surface area contributed by atoms with Crippen LogP contribution in [0, 0.1) is 5.92 Å². The normalized spacial score (nSPS) is 19.0. The number of allylic oxidation sites excluding steroid dienone is 1. The van der Waals surface area contributed by atoms with Crippen LogP contribution in [0.1, 0.15) is 10.4 Å². The van der Waals surface area contributed by atoms with Crippen molar-refractivity contribution < 1.29 is 55.6 Å². The number of hydrazone groups is 1. The second-order valence-electron chi connectivity index (χ2n) is 9.41. The molecule has 0 radical (unpaired) electrons. The van der Waals surface area contributed by atoms with Crippen LogP contribution in [0.5, 0.6) is 11.5 Å². The van der Waals surface area contributed by atoms with Crippen molar-refractivity contribution in [2.75, 3.05) is 10.3 Å². The van der Waals surface area contributed by atoms with Crippen LogP contribution in [0.4, 0.5) is 37.7 Å². The van der Waals surface area contributed by atoms with Gasteiger partial charge in [0.25, 0.3) is 5.91 Å². The maximum atomic E-state index is 13.6. The summed E-state index contributed by atoms with van der Waals surface area (Å²) in [4.78, 5) is 26.1. The number of alkyl halides is 6. The molecule has 228 valence electrons. The van der Waals surface area contributed by atoms with Gasteiger partial charge in [0.15, 0.2) is 0 Å². The van der Waals surface area contributed by atoms with Crippen molar-refractivity contribution >= 4 is 29.0 Å².